The Bertz CT molecular complexity index is 1170. The quantitative estimate of drug-likeness (QED) is 0.661. The molecular formula is C25H25N3O3. The van der Waals surface area contributed by atoms with Crippen LogP contribution >= 0.6 is 0 Å². The lowest BCUT2D eigenvalue weighted by Gasteiger charge is -2.44. The Kier molecular flexibility index (Phi) is 4.98. The highest BCUT2D eigenvalue weighted by Gasteiger charge is 2.36. The average molecular weight is 415 g/mol. The second-order valence-corrected chi connectivity index (χ2v) is 8.19. The topological polar surface area (TPSA) is 65.8 Å². The van der Waals surface area contributed by atoms with Gasteiger partial charge in [-0.05, 0) is 36.0 Å². The van der Waals surface area contributed by atoms with Crippen LogP contribution in [0, 0.1) is 0 Å². The van der Waals surface area contributed by atoms with Crippen LogP contribution in [0.5, 0.6) is 5.75 Å². The third kappa shape index (κ3) is 3.38. The first kappa shape index (κ1) is 19.4. The molecule has 31 heavy (non-hydrogen) atoms. The molecule has 6 nitrogen and oxygen atoms in total. The zero-order chi connectivity index (χ0) is 21.4. The number of benzene rings is 2. The van der Waals surface area contributed by atoms with Gasteiger partial charge in [0, 0.05) is 18.8 Å². The van der Waals surface area contributed by atoms with Crippen LogP contribution < -0.4 is 10.4 Å². The summed E-state index contributed by atoms with van der Waals surface area (Å²) < 4.78 is 1.67. The van der Waals surface area contributed by atoms with Crippen molar-refractivity contribution < 1.29 is 9.90 Å². The molecule has 2 aromatic carbocycles. The molecule has 5 rings (SSSR count). The summed E-state index contributed by atoms with van der Waals surface area (Å²) in [4.78, 5) is 27.2. The molecule has 1 N–H and O–H groups in total. The first-order chi connectivity index (χ1) is 15.1. The maximum absolute atomic E-state index is 13.2. The number of hydrogen-bond donors (Lipinski definition) is 1. The first-order valence-corrected chi connectivity index (χ1v) is 10.8. The lowest BCUT2D eigenvalue weighted by molar-refractivity contribution is 0.0677. The molecule has 1 atom stereocenters. The molecule has 0 fully saturated rings. The first-order valence-electron chi connectivity index (χ1n) is 10.8. The van der Waals surface area contributed by atoms with E-state index in [9.17, 15) is 14.7 Å². The van der Waals surface area contributed by atoms with Crippen LogP contribution in [-0.2, 0) is 6.42 Å². The van der Waals surface area contributed by atoms with Crippen molar-refractivity contribution >= 4 is 5.91 Å². The molecule has 1 aromatic heterocycles. The standard InChI is InChI=1S/C25H25N3O3/c29-21-14-16-27-23(24(21)30)25(31)26-15-8-2-5-9-18-10-6-7-13-20(18)22(28(27)17-26)19-11-3-1-4-12-19/h1,3-4,6-7,10-14,16,22,30H,2,5,8-9,15,17H2. The van der Waals surface area contributed by atoms with E-state index >= 15 is 0 Å². The third-order valence-electron chi connectivity index (χ3n) is 6.27. The van der Waals surface area contributed by atoms with Crippen LogP contribution in [0.25, 0.3) is 0 Å². The van der Waals surface area contributed by atoms with E-state index in [-0.39, 0.29) is 17.6 Å². The number of rotatable bonds is 1. The fourth-order valence-corrected chi connectivity index (χ4v) is 4.74. The summed E-state index contributed by atoms with van der Waals surface area (Å²) in [5.41, 5.74) is 3.05. The molecular weight excluding hydrogens is 390 g/mol. The van der Waals surface area contributed by atoms with Crippen molar-refractivity contribution in [2.24, 2.45) is 0 Å². The van der Waals surface area contributed by atoms with E-state index in [1.54, 1.807) is 15.8 Å². The molecule has 0 aliphatic carbocycles. The van der Waals surface area contributed by atoms with Crippen molar-refractivity contribution in [3.63, 3.8) is 0 Å². The minimum atomic E-state index is -0.539. The predicted molar refractivity (Wildman–Crippen MR) is 119 cm³/mol. The fourth-order valence-electron chi connectivity index (χ4n) is 4.74. The van der Waals surface area contributed by atoms with Gasteiger partial charge in [-0.15, -0.1) is 0 Å². The normalized spacial score (nSPS) is 18.7. The van der Waals surface area contributed by atoms with Crippen LogP contribution in [0.4, 0.5) is 0 Å². The van der Waals surface area contributed by atoms with E-state index in [2.05, 4.69) is 35.3 Å². The summed E-state index contributed by atoms with van der Waals surface area (Å²) in [6.07, 6.45) is 5.53. The third-order valence-corrected chi connectivity index (χ3v) is 6.27. The predicted octanol–water partition coefficient (Wildman–Crippen LogP) is 3.42. The van der Waals surface area contributed by atoms with E-state index in [1.165, 1.54) is 17.2 Å². The van der Waals surface area contributed by atoms with Gasteiger partial charge in [0.1, 0.15) is 6.67 Å². The van der Waals surface area contributed by atoms with Crippen LogP contribution in [-0.4, -0.2) is 33.8 Å². The number of aromatic hydroxyl groups is 1. The molecule has 2 bridgehead atoms. The largest absolute Gasteiger partial charge is 0.502 e. The Labute approximate surface area is 180 Å². The zero-order valence-electron chi connectivity index (χ0n) is 17.3. The van der Waals surface area contributed by atoms with Crippen molar-refractivity contribution in [2.45, 2.75) is 31.7 Å². The number of carbonyl (C=O) groups is 1. The number of fused-ring (bicyclic) bond motifs is 5. The lowest BCUT2D eigenvalue weighted by atomic mass is 9.91. The molecule has 2 aliphatic heterocycles. The second-order valence-electron chi connectivity index (χ2n) is 8.19. The number of carbonyl (C=O) groups excluding carboxylic acids is 1. The van der Waals surface area contributed by atoms with Crippen molar-refractivity contribution in [1.82, 2.24) is 9.58 Å². The highest BCUT2D eigenvalue weighted by molar-refractivity contribution is 5.96. The van der Waals surface area contributed by atoms with E-state index in [0.717, 1.165) is 31.2 Å². The molecule has 3 heterocycles. The number of pyridine rings is 1. The molecule has 3 aromatic rings. The molecule has 0 spiro atoms. The van der Waals surface area contributed by atoms with Crippen molar-refractivity contribution in [1.29, 1.82) is 0 Å². The zero-order valence-corrected chi connectivity index (χ0v) is 17.3. The van der Waals surface area contributed by atoms with E-state index in [4.69, 9.17) is 0 Å². The van der Waals surface area contributed by atoms with Crippen LogP contribution in [0.2, 0.25) is 0 Å². The molecule has 1 amide bonds. The second kappa shape index (κ2) is 7.95. The monoisotopic (exact) mass is 415 g/mol. The van der Waals surface area contributed by atoms with Crippen LogP contribution in [0.3, 0.4) is 0 Å². The molecule has 0 saturated carbocycles. The van der Waals surface area contributed by atoms with Crippen molar-refractivity contribution in [3.05, 3.63) is 99.5 Å². The number of hydrogen-bond acceptors (Lipinski definition) is 4. The van der Waals surface area contributed by atoms with Crippen LogP contribution in [0.1, 0.15) is 52.5 Å². The Morgan fingerprint density at radius 3 is 2.48 bits per heavy atom. The Hall–Kier alpha value is -3.54. The summed E-state index contributed by atoms with van der Waals surface area (Å²) in [7, 11) is 0. The molecule has 1 unspecified atom stereocenters. The van der Waals surface area contributed by atoms with Crippen molar-refractivity contribution in [3.8, 4) is 5.75 Å². The van der Waals surface area contributed by atoms with Gasteiger partial charge in [-0.1, -0.05) is 61.0 Å². The molecule has 2 aliphatic rings. The van der Waals surface area contributed by atoms with Gasteiger partial charge >= 0.3 is 0 Å². The van der Waals surface area contributed by atoms with Gasteiger partial charge in [0.05, 0.1) is 6.04 Å². The van der Waals surface area contributed by atoms with Crippen LogP contribution in [0.15, 0.2) is 71.7 Å². The van der Waals surface area contributed by atoms with E-state index in [1.807, 2.05) is 24.3 Å². The summed E-state index contributed by atoms with van der Waals surface area (Å²) in [5.74, 6) is -0.789. The van der Waals surface area contributed by atoms with Crippen molar-refractivity contribution in [2.75, 3.05) is 18.2 Å². The Morgan fingerprint density at radius 2 is 1.65 bits per heavy atom. The fraction of sp³-hybridized carbons (Fsp3) is 0.280. The number of amides is 1. The highest BCUT2D eigenvalue weighted by atomic mass is 16.3. The minimum Gasteiger partial charge on any atom is -0.502 e. The van der Waals surface area contributed by atoms with Gasteiger partial charge in [0.25, 0.3) is 5.91 Å². The van der Waals surface area contributed by atoms with Gasteiger partial charge in [-0.3, -0.25) is 19.3 Å². The summed E-state index contributed by atoms with van der Waals surface area (Å²) in [6, 6.07) is 19.8. The minimum absolute atomic E-state index is 0.0383. The molecule has 0 saturated heterocycles. The number of aryl methyl sites for hydroxylation is 1. The van der Waals surface area contributed by atoms with Gasteiger partial charge < -0.3 is 10.0 Å². The smallest absolute Gasteiger partial charge is 0.277 e. The molecule has 6 heteroatoms. The van der Waals surface area contributed by atoms with Gasteiger partial charge in [-0.2, -0.15) is 0 Å². The Morgan fingerprint density at radius 1 is 0.871 bits per heavy atom. The van der Waals surface area contributed by atoms with E-state index in [0.29, 0.717) is 13.2 Å². The highest BCUT2D eigenvalue weighted by Crippen LogP contribution is 2.34. The van der Waals surface area contributed by atoms with Gasteiger partial charge in [0.2, 0.25) is 5.43 Å². The summed E-state index contributed by atoms with van der Waals surface area (Å²) >= 11 is 0. The maximum atomic E-state index is 13.2. The average Bonchev–Trinajstić information content (AvgIpc) is 2.82. The van der Waals surface area contributed by atoms with Gasteiger partial charge in [-0.25, -0.2) is 0 Å². The lowest BCUT2D eigenvalue weighted by Crippen LogP contribution is -2.55. The Balaban J connectivity index is 1.78. The SMILES string of the molecule is O=C1c2c(O)c(=O)ccn2N2CN1CCCCCc1ccccc1C2c1ccccc1. The molecule has 0 radical (unpaired) electrons. The maximum Gasteiger partial charge on any atom is 0.277 e. The number of nitrogens with zero attached hydrogens (tertiary/aromatic N) is 3. The number of aromatic nitrogens is 1. The summed E-state index contributed by atoms with van der Waals surface area (Å²) in [6.45, 7) is 0.970. The molecule has 158 valence electrons. The van der Waals surface area contributed by atoms with Gasteiger partial charge in [0.15, 0.2) is 11.4 Å². The summed E-state index contributed by atoms with van der Waals surface area (Å²) in [5, 5.41) is 12.6. The van der Waals surface area contributed by atoms with E-state index < -0.39 is 11.2 Å².